The van der Waals surface area contributed by atoms with Crippen LogP contribution in [-0.4, -0.2) is 17.0 Å². The van der Waals surface area contributed by atoms with Gasteiger partial charge in [0.25, 0.3) is 0 Å². The molecule has 0 aliphatic carbocycles. The summed E-state index contributed by atoms with van der Waals surface area (Å²) in [6.45, 7) is 3.00. The quantitative estimate of drug-likeness (QED) is 0.670. The van der Waals surface area contributed by atoms with Crippen LogP contribution >= 0.6 is 15.9 Å². The van der Waals surface area contributed by atoms with E-state index in [0.29, 0.717) is 10.6 Å². The first-order valence-corrected chi connectivity index (χ1v) is 9.60. The van der Waals surface area contributed by atoms with Gasteiger partial charge in [0.15, 0.2) is 5.75 Å². The molecule has 2 aromatic carbocycles. The number of unbranched alkanes of at least 4 members (excludes halogenated alkanes) is 1. The van der Waals surface area contributed by atoms with Gasteiger partial charge in [-0.05, 0) is 30.7 Å². The number of anilines is 1. The maximum absolute atomic E-state index is 12.1. The normalized spacial score (nSPS) is 12.0. The van der Waals surface area contributed by atoms with Crippen LogP contribution in [0, 0.1) is 0 Å². The largest absolute Gasteiger partial charge is 0.454 e. The molecular formula is C17H20BrNO2S. The van der Waals surface area contributed by atoms with E-state index in [1.54, 1.807) is 6.26 Å². The van der Waals surface area contributed by atoms with E-state index in [-0.39, 0.29) is 0 Å². The molecule has 2 aromatic rings. The maximum atomic E-state index is 12.1. The van der Waals surface area contributed by atoms with Crippen molar-refractivity contribution in [3.05, 3.63) is 46.9 Å². The Balaban J connectivity index is 2.39. The lowest BCUT2D eigenvalue weighted by molar-refractivity contribution is 0.471. The molecule has 118 valence electrons. The molecule has 0 fully saturated rings. The zero-order valence-corrected chi connectivity index (χ0v) is 15.2. The van der Waals surface area contributed by atoms with E-state index in [4.69, 9.17) is 4.74 Å². The minimum absolute atomic E-state index is 0.631. The second-order valence-corrected chi connectivity index (χ2v) is 7.19. The zero-order valence-electron chi connectivity index (χ0n) is 12.8. The van der Waals surface area contributed by atoms with Crippen molar-refractivity contribution in [3.63, 3.8) is 0 Å². The Morgan fingerprint density at radius 2 is 1.95 bits per heavy atom. The first kappa shape index (κ1) is 17.0. The van der Waals surface area contributed by atoms with Gasteiger partial charge in [-0.15, -0.1) is 0 Å². The Morgan fingerprint density at radius 1 is 1.23 bits per heavy atom. The Morgan fingerprint density at radius 3 is 2.59 bits per heavy atom. The van der Waals surface area contributed by atoms with Crippen LogP contribution in [-0.2, 0) is 10.8 Å². The fourth-order valence-corrected chi connectivity index (χ4v) is 3.34. The summed E-state index contributed by atoms with van der Waals surface area (Å²) in [6.07, 6.45) is 3.85. The molecule has 2 rings (SSSR count). The van der Waals surface area contributed by atoms with Gasteiger partial charge in [-0.1, -0.05) is 47.5 Å². The molecule has 1 N–H and O–H groups in total. The molecule has 5 heteroatoms. The molecular weight excluding hydrogens is 362 g/mol. The average Bonchev–Trinajstić information content (AvgIpc) is 2.50. The molecule has 0 aromatic heterocycles. The minimum Gasteiger partial charge on any atom is -0.454 e. The third kappa shape index (κ3) is 4.58. The van der Waals surface area contributed by atoms with Crippen molar-refractivity contribution in [2.45, 2.75) is 24.7 Å². The zero-order chi connectivity index (χ0) is 15.9. The van der Waals surface area contributed by atoms with Crippen LogP contribution in [0.15, 0.2) is 51.8 Å². The van der Waals surface area contributed by atoms with Crippen molar-refractivity contribution >= 4 is 32.4 Å². The lowest BCUT2D eigenvalue weighted by Crippen LogP contribution is -2.05. The van der Waals surface area contributed by atoms with Gasteiger partial charge in [0.05, 0.1) is 21.4 Å². The maximum Gasteiger partial charge on any atom is 0.166 e. The van der Waals surface area contributed by atoms with Crippen LogP contribution in [0.4, 0.5) is 5.69 Å². The number of hydrogen-bond acceptors (Lipinski definition) is 3. The predicted octanol–water partition coefficient (Wildman–Crippen LogP) is 5.19. The summed E-state index contributed by atoms with van der Waals surface area (Å²) in [4.78, 5) is 0.678. The van der Waals surface area contributed by atoms with Gasteiger partial charge >= 0.3 is 0 Å². The second-order valence-electron chi connectivity index (χ2n) is 4.93. The van der Waals surface area contributed by atoms with Gasteiger partial charge in [-0.3, -0.25) is 4.21 Å². The number of halogens is 1. The summed E-state index contributed by atoms with van der Waals surface area (Å²) in [5, 5.41) is 3.38. The minimum atomic E-state index is -1.14. The molecule has 0 saturated heterocycles. The smallest absolute Gasteiger partial charge is 0.166 e. The number of nitrogens with one attached hydrogen (secondary N) is 1. The monoisotopic (exact) mass is 381 g/mol. The van der Waals surface area contributed by atoms with Crippen LogP contribution in [0.3, 0.4) is 0 Å². The van der Waals surface area contributed by atoms with E-state index in [1.165, 1.54) is 0 Å². The van der Waals surface area contributed by atoms with Crippen molar-refractivity contribution in [2.24, 2.45) is 0 Å². The number of hydrogen-bond donors (Lipinski definition) is 1. The second kappa shape index (κ2) is 8.34. The summed E-state index contributed by atoms with van der Waals surface area (Å²) in [5.41, 5.74) is 0.858. The number of para-hydroxylation sites is 1. The Labute approximate surface area is 142 Å². The third-order valence-electron chi connectivity index (χ3n) is 3.14. The Bertz CT molecular complexity index is 647. The van der Waals surface area contributed by atoms with E-state index in [2.05, 4.69) is 28.2 Å². The van der Waals surface area contributed by atoms with Gasteiger partial charge in [0.1, 0.15) is 5.75 Å². The standard InChI is InChI=1S/C17H20BrNO2S/c1-3-4-10-19-15-11-13(18)12-16(22(2)20)17(15)21-14-8-6-5-7-9-14/h5-9,11-12,19H,3-4,10H2,1-2H3. The highest BCUT2D eigenvalue weighted by molar-refractivity contribution is 9.10. The molecule has 0 saturated carbocycles. The highest BCUT2D eigenvalue weighted by Gasteiger charge is 2.15. The lowest BCUT2D eigenvalue weighted by Gasteiger charge is -2.16. The summed E-state index contributed by atoms with van der Waals surface area (Å²) >= 11 is 3.48. The molecule has 0 bridgehead atoms. The van der Waals surface area contributed by atoms with E-state index in [1.807, 2.05) is 42.5 Å². The van der Waals surface area contributed by atoms with Gasteiger partial charge in [-0.25, -0.2) is 0 Å². The summed E-state index contributed by atoms with van der Waals surface area (Å²) in [5.74, 6) is 1.36. The lowest BCUT2D eigenvalue weighted by atomic mass is 10.2. The van der Waals surface area contributed by atoms with Crippen molar-refractivity contribution in [1.82, 2.24) is 0 Å². The van der Waals surface area contributed by atoms with Gasteiger partial charge < -0.3 is 10.1 Å². The number of benzene rings is 2. The number of rotatable bonds is 7. The molecule has 0 heterocycles. The van der Waals surface area contributed by atoms with Crippen LogP contribution in [0.25, 0.3) is 0 Å². The topological polar surface area (TPSA) is 38.3 Å². The molecule has 0 amide bonds. The van der Waals surface area contributed by atoms with Crippen molar-refractivity contribution in [1.29, 1.82) is 0 Å². The van der Waals surface area contributed by atoms with Crippen molar-refractivity contribution < 1.29 is 8.95 Å². The predicted molar refractivity (Wildman–Crippen MR) is 96.4 cm³/mol. The average molecular weight is 382 g/mol. The van der Waals surface area contributed by atoms with Crippen LogP contribution in [0.2, 0.25) is 0 Å². The summed E-state index contributed by atoms with van der Waals surface area (Å²) in [7, 11) is -1.14. The molecule has 1 atom stereocenters. The van der Waals surface area contributed by atoms with Crippen LogP contribution in [0.1, 0.15) is 19.8 Å². The SMILES string of the molecule is CCCCNc1cc(Br)cc(S(C)=O)c1Oc1ccccc1. The fraction of sp³-hybridized carbons (Fsp3) is 0.294. The molecule has 3 nitrogen and oxygen atoms in total. The van der Waals surface area contributed by atoms with Gasteiger partial charge in [-0.2, -0.15) is 0 Å². The van der Waals surface area contributed by atoms with Gasteiger partial charge in [0.2, 0.25) is 0 Å². The molecule has 0 spiro atoms. The Kier molecular flexibility index (Phi) is 6.46. The molecule has 22 heavy (non-hydrogen) atoms. The summed E-state index contributed by atoms with van der Waals surface area (Å²) < 4.78 is 19.0. The van der Waals surface area contributed by atoms with Crippen molar-refractivity contribution in [2.75, 3.05) is 18.1 Å². The Hall–Kier alpha value is -1.33. The first-order valence-electron chi connectivity index (χ1n) is 7.25. The van der Waals surface area contributed by atoms with Crippen molar-refractivity contribution in [3.8, 4) is 11.5 Å². The van der Waals surface area contributed by atoms with Crippen LogP contribution < -0.4 is 10.1 Å². The van der Waals surface area contributed by atoms with E-state index in [9.17, 15) is 4.21 Å². The van der Waals surface area contributed by atoms with Gasteiger partial charge in [0, 0.05) is 17.3 Å². The van der Waals surface area contributed by atoms with Crippen LogP contribution in [0.5, 0.6) is 11.5 Å². The highest BCUT2D eigenvalue weighted by Crippen LogP contribution is 2.37. The van der Waals surface area contributed by atoms with E-state index >= 15 is 0 Å². The summed E-state index contributed by atoms with van der Waals surface area (Å²) in [6, 6.07) is 13.4. The van der Waals surface area contributed by atoms with E-state index < -0.39 is 10.8 Å². The molecule has 1 unspecified atom stereocenters. The molecule has 0 aliphatic rings. The molecule has 0 radical (unpaired) electrons. The molecule has 0 aliphatic heterocycles. The highest BCUT2D eigenvalue weighted by atomic mass is 79.9. The van der Waals surface area contributed by atoms with E-state index in [0.717, 1.165) is 35.3 Å². The number of ether oxygens (including phenoxy) is 1. The first-order chi connectivity index (χ1) is 10.6. The fourth-order valence-electron chi connectivity index (χ4n) is 2.02. The third-order valence-corrected chi connectivity index (χ3v) is 4.52.